The summed E-state index contributed by atoms with van der Waals surface area (Å²) in [5.74, 6) is 4.20. The van der Waals surface area contributed by atoms with Crippen molar-refractivity contribution in [3.05, 3.63) is 184 Å². The number of piperidine rings is 1. The number of nitrogens with one attached hydrogen (secondary N) is 1. The summed E-state index contributed by atoms with van der Waals surface area (Å²) >= 11 is 4.62. The van der Waals surface area contributed by atoms with Crippen LogP contribution in [0.15, 0.2) is 112 Å². The van der Waals surface area contributed by atoms with E-state index in [1.54, 1.807) is 7.11 Å². The summed E-state index contributed by atoms with van der Waals surface area (Å²) in [6.45, 7) is 24.6. The first-order chi connectivity index (χ1) is 54.3. The SMILES string of the molecule is CCCC(C(=O)O)c1c(C)nc2nc3n(c2c1-c1ccc(I)cc1)CCCC3.CCCC(C(=O)OC)c1c(C)nc2nc3n(c2c1-c1ccc(I)cc1)CCCC3.COC1=NCCCC1.Cc1ccc(C(=O)c2c(N)nc3n2CCCC3)cc1.N#CNC1=NCCCC1.[C-]#[N+]/N=C1\CCCCN1CC(=O)c1ccc(C)cc1. The Morgan fingerprint density at radius 3 is 1.54 bits per heavy atom. The van der Waals surface area contributed by atoms with E-state index in [1.165, 1.54) is 23.5 Å². The van der Waals surface area contributed by atoms with Crippen LogP contribution in [0.3, 0.4) is 0 Å². The summed E-state index contributed by atoms with van der Waals surface area (Å²) in [7, 11) is 3.15. The maximum absolute atomic E-state index is 12.8. The fourth-order valence-electron chi connectivity index (χ4n) is 15.3. The third-order valence-electron chi connectivity index (χ3n) is 21.0. The number of fused-ring (bicyclic) bond motifs is 7. The molecule has 6 aliphatic rings. The van der Waals surface area contributed by atoms with Crippen molar-refractivity contribution in [2.75, 3.05) is 46.1 Å². The number of aromatic nitrogens is 8. The lowest BCUT2D eigenvalue weighted by molar-refractivity contribution is -0.142. The van der Waals surface area contributed by atoms with Gasteiger partial charge in [-0.2, -0.15) is 11.8 Å². The van der Waals surface area contributed by atoms with Crippen molar-refractivity contribution in [1.82, 2.24) is 48.8 Å². The molecule has 9 aromatic rings. The van der Waals surface area contributed by atoms with E-state index >= 15 is 0 Å². The number of methoxy groups -OCH3 is 2. The highest BCUT2D eigenvalue weighted by atomic mass is 127. The second-order valence-electron chi connectivity index (χ2n) is 29.0. The molecule has 2 atom stereocenters. The highest BCUT2D eigenvalue weighted by Crippen LogP contribution is 2.43. The number of nitrogens with zero attached hydrogens (tertiary/aromatic N) is 14. The Hall–Kier alpha value is -9.74. The molecule has 5 aromatic heterocycles. The molecule has 1 saturated heterocycles. The number of halogens is 2. The number of nitrogen functional groups attached to an aromatic ring is 1. The number of nitriles is 1. The van der Waals surface area contributed by atoms with Gasteiger partial charge < -0.3 is 38.9 Å². The second-order valence-corrected chi connectivity index (χ2v) is 31.4. The number of hydrogen-bond donors (Lipinski definition) is 3. The van der Waals surface area contributed by atoms with Crippen LogP contribution in [0, 0.1) is 52.9 Å². The number of aliphatic carboxylic acids is 1. The van der Waals surface area contributed by atoms with E-state index in [9.17, 15) is 24.3 Å². The van der Waals surface area contributed by atoms with Crippen LogP contribution in [0.4, 0.5) is 5.82 Å². The Kier molecular flexibility index (Phi) is 31.5. The largest absolute Gasteiger partial charge is 0.484 e. The number of carbonyl (C=O) groups is 4. The molecule has 2 unspecified atom stereocenters. The number of aryl methyl sites for hydroxylation is 9. The molecule has 0 radical (unpaired) electrons. The summed E-state index contributed by atoms with van der Waals surface area (Å²) in [4.78, 5) is 86.7. The van der Waals surface area contributed by atoms with Gasteiger partial charge in [-0.1, -0.05) is 111 Å². The molecule has 6 aliphatic heterocycles. The Bertz CT molecular complexity index is 4950. The number of ether oxygens (including phenoxy) is 2. The van der Waals surface area contributed by atoms with Crippen LogP contribution < -0.4 is 11.1 Å². The lowest BCUT2D eigenvalue weighted by atomic mass is 9.86. The highest BCUT2D eigenvalue weighted by molar-refractivity contribution is 14.1. The Balaban J connectivity index is 0.000000150. The molecule has 1 fully saturated rings. The zero-order valence-corrected chi connectivity index (χ0v) is 70.2. The first-order valence-electron chi connectivity index (χ1n) is 39.4. The maximum Gasteiger partial charge on any atom is 0.313 e. The first kappa shape index (κ1) is 84.7. The maximum atomic E-state index is 12.8. The zero-order chi connectivity index (χ0) is 79.8. The van der Waals surface area contributed by atoms with E-state index in [4.69, 9.17) is 47.0 Å². The molecule has 0 saturated carbocycles. The molecule has 0 aliphatic carbocycles. The van der Waals surface area contributed by atoms with Crippen molar-refractivity contribution < 1.29 is 33.8 Å². The molecule has 0 bridgehead atoms. The van der Waals surface area contributed by atoms with Gasteiger partial charge in [0, 0.05) is 119 Å². The van der Waals surface area contributed by atoms with Crippen molar-refractivity contribution in [3.8, 4) is 28.4 Å². The Morgan fingerprint density at radius 1 is 0.598 bits per heavy atom. The van der Waals surface area contributed by atoms with Gasteiger partial charge in [-0.3, -0.25) is 34.5 Å². The van der Waals surface area contributed by atoms with Gasteiger partial charge in [0.15, 0.2) is 40.8 Å². The van der Waals surface area contributed by atoms with Gasteiger partial charge in [0.25, 0.3) is 0 Å². The summed E-state index contributed by atoms with van der Waals surface area (Å²) in [5, 5.41) is 24.5. The second kappa shape index (κ2) is 41.7. The minimum absolute atomic E-state index is 0.0295. The number of carbonyl (C=O) groups excluding carboxylic acids is 3. The summed E-state index contributed by atoms with van der Waals surface area (Å²) in [6, 6.07) is 32.0. The number of hydrogen-bond acceptors (Lipinski definition) is 17. The van der Waals surface area contributed by atoms with E-state index < -0.39 is 11.9 Å². The van der Waals surface area contributed by atoms with Crippen molar-refractivity contribution in [3.63, 3.8) is 0 Å². The minimum atomic E-state index is -0.781. The number of carboxylic acid groups (broad SMARTS) is 1. The molecule has 0 amide bonds. The van der Waals surface area contributed by atoms with Crippen LogP contribution in [0.1, 0.15) is 225 Å². The zero-order valence-electron chi connectivity index (χ0n) is 65.9. The van der Waals surface area contributed by atoms with Crippen LogP contribution in [-0.4, -0.2) is 130 Å². The summed E-state index contributed by atoms with van der Waals surface area (Å²) < 4.78 is 19.1. The topological polar surface area (TPSA) is 293 Å². The summed E-state index contributed by atoms with van der Waals surface area (Å²) in [5.41, 5.74) is 21.5. The number of nitrogens with two attached hydrogens (primary N) is 1. The summed E-state index contributed by atoms with van der Waals surface area (Å²) in [6.07, 6.45) is 24.2. The third kappa shape index (κ3) is 21.5. The van der Waals surface area contributed by atoms with Gasteiger partial charge in [0.05, 0.1) is 43.6 Å². The number of imidazole rings is 3. The number of aliphatic imine (C=N–C) groups is 2. The fraction of sp³-hybridized carbons (Fsp3) is 0.448. The predicted molar refractivity (Wildman–Crippen MR) is 459 cm³/mol. The fourth-order valence-corrected chi connectivity index (χ4v) is 16.0. The van der Waals surface area contributed by atoms with Crippen molar-refractivity contribution in [2.24, 2.45) is 15.1 Å². The molecule has 15 rings (SSSR count). The van der Waals surface area contributed by atoms with Crippen LogP contribution in [-0.2, 0) is 58.0 Å². The smallest absolute Gasteiger partial charge is 0.313 e. The number of rotatable bonds is 15. The van der Waals surface area contributed by atoms with Gasteiger partial charge >= 0.3 is 11.9 Å². The van der Waals surface area contributed by atoms with E-state index in [0.717, 1.165) is 284 Å². The molecular weight excluding hydrogens is 1630 g/mol. The van der Waals surface area contributed by atoms with Crippen molar-refractivity contribution in [1.29, 1.82) is 5.26 Å². The normalized spacial score (nSPS) is 15.7. The van der Waals surface area contributed by atoms with E-state index in [0.29, 0.717) is 30.0 Å². The molecule has 23 nitrogen and oxygen atoms in total. The number of esters is 1. The highest BCUT2D eigenvalue weighted by Gasteiger charge is 2.34. The average molecular weight is 1740 g/mol. The van der Waals surface area contributed by atoms with Crippen LogP contribution in [0.2, 0.25) is 0 Å². The number of ketones is 2. The molecular formula is C87H104I2N16O7. The standard InChI is InChI=1S/C23H26IN3O2.C22H24IN3O2.2C15H17N3O.C6H9N3.C6H11NO/c1-4-7-17(23(28)29-3)19-14(2)25-22-21(27-13-6-5-8-18(27)26-22)20(19)15-9-11-16(24)12-10-15;1-3-6-16(22(27)28)18-13(2)24-21-20(26-12-5-4-7-17(26)25-21)19(18)14-8-10-15(23)11-9-14;1-10-5-7-11(8-6-10)14(19)13-15(16)17-12-4-2-3-9-18(12)13;1-12-6-8-13(9-7-12)14(19)11-18-10-4-3-5-15(18)17-16-2;7-5-9-6-3-1-2-4-8-6;1-8-6-4-2-3-5-7-6/h9-12,17H,4-8,13H2,1-3H3;8-11,16H,3-7,12H2,1-2H3,(H,27,28);5-8H,2-4,9,16H2,1H3;6-9H,3-5,10-11H2,1H3;1-4H2,(H,8,9);2-5H2,1H3/b;;;17-15+;;. The molecule has 4 N–H and O–H groups in total. The monoisotopic (exact) mass is 1740 g/mol. The number of likely N-dealkylation sites (tertiary alicyclic amines) is 1. The lowest BCUT2D eigenvalue weighted by Gasteiger charge is -2.27. The average Bonchev–Trinajstić information content (AvgIpc) is 1.58. The van der Waals surface area contributed by atoms with Gasteiger partial charge in [-0.25, -0.2) is 24.9 Å². The van der Waals surface area contributed by atoms with E-state index in [1.807, 2.05) is 98.8 Å². The quantitative estimate of drug-likeness (QED) is 0.0163. The van der Waals surface area contributed by atoms with Crippen molar-refractivity contribution >= 4 is 114 Å². The number of benzene rings is 4. The Morgan fingerprint density at radius 2 is 1.07 bits per heavy atom. The number of carboxylic acids is 1. The van der Waals surface area contributed by atoms with Gasteiger partial charge in [-0.05, 0) is 209 Å². The number of Topliss-reactive ketones (excluding diaryl/α,β-unsaturated/α-hetero) is 1. The van der Waals surface area contributed by atoms with Crippen LogP contribution in [0.5, 0.6) is 0 Å². The number of amidine groups is 2. The number of pyridine rings is 2. The van der Waals surface area contributed by atoms with Crippen molar-refractivity contribution in [2.45, 2.75) is 214 Å². The third-order valence-corrected chi connectivity index (χ3v) is 22.4. The molecule has 0 spiro atoms. The van der Waals surface area contributed by atoms with Gasteiger partial charge in [-0.15, -0.1) is 4.95 Å². The van der Waals surface area contributed by atoms with E-state index in [2.05, 4.69) is 140 Å². The molecule has 112 heavy (non-hydrogen) atoms. The minimum Gasteiger partial charge on any atom is -0.484 e. The Labute approximate surface area is 684 Å². The predicted octanol–water partition coefficient (Wildman–Crippen LogP) is 17.8. The van der Waals surface area contributed by atoms with Gasteiger partial charge in [0.2, 0.25) is 5.78 Å². The molecule has 588 valence electrons. The number of anilines is 1. The first-order valence-corrected chi connectivity index (χ1v) is 41.6. The van der Waals surface area contributed by atoms with E-state index in [-0.39, 0.29) is 23.5 Å². The molecule has 11 heterocycles. The van der Waals surface area contributed by atoms with Crippen LogP contribution >= 0.6 is 45.2 Å². The molecule has 25 heteroatoms. The van der Waals surface area contributed by atoms with Crippen LogP contribution in [0.25, 0.3) is 49.5 Å². The molecule has 4 aromatic carbocycles. The van der Waals surface area contributed by atoms with Gasteiger partial charge in [0.1, 0.15) is 34.1 Å². The lowest BCUT2D eigenvalue weighted by Crippen LogP contribution is -2.39.